The summed E-state index contributed by atoms with van der Waals surface area (Å²) in [6, 6.07) is 7.25. The van der Waals surface area contributed by atoms with Crippen LogP contribution in [0.1, 0.15) is 11.1 Å². The van der Waals surface area contributed by atoms with Crippen LogP contribution in [0.5, 0.6) is 0 Å². The lowest BCUT2D eigenvalue weighted by Crippen LogP contribution is -2.40. The quantitative estimate of drug-likeness (QED) is 0.486. The summed E-state index contributed by atoms with van der Waals surface area (Å²) in [5.74, 6) is 9.75. The van der Waals surface area contributed by atoms with Crippen LogP contribution in [0, 0.1) is 49.4 Å². The van der Waals surface area contributed by atoms with Crippen molar-refractivity contribution in [3.8, 4) is 49.4 Å². The molecular formula is C23H26N4O2. The second-order valence-electron chi connectivity index (χ2n) is 5.82. The van der Waals surface area contributed by atoms with Gasteiger partial charge in [-0.3, -0.25) is 9.69 Å². The van der Waals surface area contributed by atoms with Crippen LogP contribution in [0.2, 0.25) is 0 Å². The van der Waals surface area contributed by atoms with Crippen LogP contribution in [-0.2, 0) is 17.9 Å². The molecule has 0 aliphatic heterocycles. The molecule has 0 aliphatic rings. The van der Waals surface area contributed by atoms with Crippen LogP contribution in [0.3, 0.4) is 0 Å². The van der Waals surface area contributed by atoms with Crippen molar-refractivity contribution in [3.63, 3.8) is 0 Å². The van der Waals surface area contributed by atoms with Gasteiger partial charge in [-0.05, 0) is 18.2 Å². The Kier molecular flexibility index (Phi) is 14.2. The molecule has 1 aromatic rings. The smallest absolute Gasteiger partial charge is 0.319 e. The van der Waals surface area contributed by atoms with Gasteiger partial charge in [-0.25, -0.2) is 4.79 Å². The number of terminal acetylenes is 4. The van der Waals surface area contributed by atoms with Crippen molar-refractivity contribution < 1.29 is 9.59 Å². The van der Waals surface area contributed by atoms with Crippen molar-refractivity contribution in [2.24, 2.45) is 0 Å². The Balaban J connectivity index is 0.000000828. The zero-order chi connectivity index (χ0) is 21.9. The third-order valence-corrected chi connectivity index (χ3v) is 3.43. The van der Waals surface area contributed by atoms with E-state index in [4.69, 9.17) is 25.7 Å². The van der Waals surface area contributed by atoms with Crippen LogP contribution in [0.25, 0.3) is 0 Å². The fourth-order valence-corrected chi connectivity index (χ4v) is 2.01. The van der Waals surface area contributed by atoms with Gasteiger partial charge in [0.15, 0.2) is 0 Å². The van der Waals surface area contributed by atoms with Gasteiger partial charge < -0.3 is 15.5 Å². The molecule has 0 saturated heterocycles. The first-order valence-electron chi connectivity index (χ1n) is 8.72. The zero-order valence-electron chi connectivity index (χ0n) is 16.6. The second kappa shape index (κ2) is 16.3. The largest absolute Gasteiger partial charge is 0.355 e. The number of carbonyl (C=O) groups excluding carboxylic acids is 2. The van der Waals surface area contributed by atoms with Gasteiger partial charge in [0.25, 0.3) is 0 Å². The van der Waals surface area contributed by atoms with Crippen LogP contribution in [-0.4, -0.2) is 55.5 Å². The fourth-order valence-electron chi connectivity index (χ4n) is 2.01. The van der Waals surface area contributed by atoms with Gasteiger partial charge in [-0.15, -0.1) is 25.7 Å². The standard InChI is InChI=1S/C16H17N3O2.C7H9N/c1-3-9-19(10-4-2)16(21)18-12-15-7-5-14(6-8-15)11-17-13-20;1-4-6-8(3)7-5-2/h1-2,5-8,13H,9-12H2,(H,17,20)(H,18,21);1-2H,6-7H2,3H3. The molecule has 0 saturated carbocycles. The molecule has 0 heterocycles. The van der Waals surface area contributed by atoms with Crippen LogP contribution < -0.4 is 10.6 Å². The lowest BCUT2D eigenvalue weighted by atomic mass is 10.1. The number of nitrogens with one attached hydrogen (secondary N) is 2. The summed E-state index contributed by atoms with van der Waals surface area (Å²) >= 11 is 0. The molecular weight excluding hydrogens is 364 g/mol. The maximum atomic E-state index is 11.9. The van der Waals surface area contributed by atoms with Gasteiger partial charge >= 0.3 is 6.03 Å². The predicted octanol–water partition coefficient (Wildman–Crippen LogP) is 0.895. The van der Waals surface area contributed by atoms with E-state index >= 15 is 0 Å². The Hall–Kier alpha value is -3.84. The van der Waals surface area contributed by atoms with E-state index in [-0.39, 0.29) is 19.1 Å². The monoisotopic (exact) mass is 390 g/mol. The first-order chi connectivity index (χ1) is 14.0. The Bertz CT molecular complexity index is 757. The highest BCUT2D eigenvalue weighted by Gasteiger charge is 2.10. The molecule has 6 nitrogen and oxygen atoms in total. The summed E-state index contributed by atoms with van der Waals surface area (Å²) in [6.07, 6.45) is 21.0. The number of carbonyl (C=O) groups is 2. The summed E-state index contributed by atoms with van der Waals surface area (Å²) in [5.41, 5.74) is 1.93. The van der Waals surface area contributed by atoms with Crippen LogP contribution >= 0.6 is 0 Å². The van der Waals surface area contributed by atoms with E-state index in [0.717, 1.165) is 11.1 Å². The summed E-state index contributed by atoms with van der Waals surface area (Å²) in [7, 11) is 1.89. The molecule has 0 fully saturated rings. The van der Waals surface area contributed by atoms with Crippen molar-refractivity contribution >= 4 is 12.4 Å². The maximum absolute atomic E-state index is 11.9. The minimum absolute atomic E-state index is 0.173. The van der Waals surface area contributed by atoms with E-state index in [9.17, 15) is 9.59 Å². The van der Waals surface area contributed by atoms with E-state index in [1.807, 2.05) is 36.2 Å². The van der Waals surface area contributed by atoms with Crippen molar-refractivity contribution in [2.75, 3.05) is 33.2 Å². The first-order valence-corrected chi connectivity index (χ1v) is 8.72. The lowest BCUT2D eigenvalue weighted by molar-refractivity contribution is -0.109. The van der Waals surface area contributed by atoms with E-state index in [1.54, 1.807) is 0 Å². The molecule has 0 atom stereocenters. The van der Waals surface area contributed by atoms with Crippen molar-refractivity contribution in [2.45, 2.75) is 13.1 Å². The average Bonchev–Trinajstić information content (AvgIpc) is 2.72. The van der Waals surface area contributed by atoms with Gasteiger partial charge in [-0.1, -0.05) is 47.9 Å². The molecule has 150 valence electrons. The topological polar surface area (TPSA) is 64.7 Å². The van der Waals surface area contributed by atoms with E-state index in [1.165, 1.54) is 4.90 Å². The fraction of sp³-hybridized carbons (Fsp3) is 0.304. The SMILES string of the molecule is C#CCN(C)CC#C.C#CCN(CC#C)C(=O)NCc1ccc(CNC=O)cc1. The third-order valence-electron chi connectivity index (χ3n) is 3.43. The molecule has 6 heteroatoms. The summed E-state index contributed by atoms with van der Waals surface area (Å²) in [4.78, 5) is 25.3. The number of hydrogen-bond donors (Lipinski definition) is 2. The number of nitrogens with zero attached hydrogens (tertiary/aromatic N) is 2. The first kappa shape index (κ1) is 25.2. The summed E-state index contributed by atoms with van der Waals surface area (Å²) < 4.78 is 0. The van der Waals surface area contributed by atoms with Gasteiger partial charge in [0.1, 0.15) is 0 Å². The van der Waals surface area contributed by atoms with Crippen molar-refractivity contribution in [1.82, 2.24) is 20.4 Å². The summed E-state index contributed by atoms with van der Waals surface area (Å²) in [6.45, 7) is 2.47. The highest BCUT2D eigenvalue weighted by molar-refractivity contribution is 5.74. The minimum Gasteiger partial charge on any atom is -0.355 e. The molecule has 0 aliphatic carbocycles. The Morgan fingerprint density at radius 3 is 1.76 bits per heavy atom. The Morgan fingerprint density at radius 1 is 0.897 bits per heavy atom. The lowest BCUT2D eigenvalue weighted by Gasteiger charge is -2.18. The molecule has 0 bridgehead atoms. The highest BCUT2D eigenvalue weighted by atomic mass is 16.2. The second-order valence-corrected chi connectivity index (χ2v) is 5.82. The zero-order valence-corrected chi connectivity index (χ0v) is 16.6. The van der Waals surface area contributed by atoms with Gasteiger partial charge in [-0.2, -0.15) is 0 Å². The number of urea groups is 1. The molecule has 2 N–H and O–H groups in total. The van der Waals surface area contributed by atoms with Gasteiger partial charge in [0, 0.05) is 13.1 Å². The molecule has 0 spiro atoms. The molecule has 1 rings (SSSR count). The van der Waals surface area contributed by atoms with Crippen molar-refractivity contribution in [1.29, 1.82) is 0 Å². The van der Waals surface area contributed by atoms with Crippen LogP contribution in [0.15, 0.2) is 24.3 Å². The molecule has 3 amide bonds. The number of rotatable bonds is 9. The highest BCUT2D eigenvalue weighted by Crippen LogP contribution is 2.04. The Labute approximate surface area is 174 Å². The third kappa shape index (κ3) is 12.2. The summed E-state index contributed by atoms with van der Waals surface area (Å²) in [5, 5.41) is 5.34. The molecule has 0 aromatic heterocycles. The van der Waals surface area contributed by atoms with Gasteiger partial charge in [0.05, 0.1) is 26.2 Å². The number of hydrogen-bond acceptors (Lipinski definition) is 3. The molecule has 29 heavy (non-hydrogen) atoms. The molecule has 1 aromatic carbocycles. The van der Waals surface area contributed by atoms with E-state index < -0.39 is 0 Å². The average molecular weight is 390 g/mol. The number of benzene rings is 1. The minimum atomic E-state index is -0.294. The normalized spacial score (nSPS) is 8.76. The maximum Gasteiger partial charge on any atom is 0.319 e. The van der Waals surface area contributed by atoms with Gasteiger partial charge in [0.2, 0.25) is 6.41 Å². The van der Waals surface area contributed by atoms with E-state index in [2.05, 4.69) is 34.3 Å². The molecule has 0 unspecified atom stereocenters. The Morgan fingerprint density at radius 2 is 1.34 bits per heavy atom. The molecule has 0 radical (unpaired) electrons. The predicted molar refractivity (Wildman–Crippen MR) is 116 cm³/mol. The van der Waals surface area contributed by atoms with Crippen molar-refractivity contribution in [3.05, 3.63) is 35.4 Å². The number of amides is 3. The van der Waals surface area contributed by atoms with Crippen LogP contribution in [0.4, 0.5) is 4.79 Å². The van der Waals surface area contributed by atoms with E-state index in [0.29, 0.717) is 32.6 Å².